The number of hydrogen-bond acceptors (Lipinski definition) is 2. The molecule has 0 N–H and O–H groups in total. The fourth-order valence-electron chi connectivity index (χ4n) is 5.62. The lowest BCUT2D eigenvalue weighted by Crippen LogP contribution is -2.49. The maximum Gasteiger partial charge on any atom is 0.258 e. The molecule has 27 heavy (non-hydrogen) atoms. The molecule has 4 rings (SSSR count). The van der Waals surface area contributed by atoms with E-state index in [-0.39, 0.29) is 5.91 Å². The predicted octanol–water partition coefficient (Wildman–Crippen LogP) is 5.26. The second-order valence-corrected chi connectivity index (χ2v) is 8.63. The van der Waals surface area contributed by atoms with E-state index in [1.807, 2.05) is 19.1 Å². The first-order valence-electron chi connectivity index (χ1n) is 11.1. The molecule has 1 aromatic rings. The average molecular weight is 367 g/mol. The van der Waals surface area contributed by atoms with Crippen molar-refractivity contribution in [2.24, 2.45) is 5.92 Å². The number of carbonyl (C=O) groups excluding carboxylic acids is 1. The minimum atomic E-state index is 0.206. The third-order valence-corrected chi connectivity index (χ3v) is 7.09. The van der Waals surface area contributed by atoms with Gasteiger partial charge in [0.15, 0.2) is 0 Å². The highest BCUT2D eigenvalue weighted by atomic mass is 16.2. The minimum absolute atomic E-state index is 0.206. The lowest BCUT2D eigenvalue weighted by atomic mass is 9.82. The van der Waals surface area contributed by atoms with E-state index in [2.05, 4.69) is 34.9 Å². The van der Waals surface area contributed by atoms with Gasteiger partial charge >= 0.3 is 0 Å². The van der Waals surface area contributed by atoms with E-state index in [0.29, 0.717) is 6.04 Å². The van der Waals surface area contributed by atoms with Crippen LogP contribution in [0.2, 0.25) is 0 Å². The average Bonchev–Trinajstić information content (AvgIpc) is 3.00. The first kappa shape index (κ1) is 18.7. The fraction of sp³-hybridized carbons (Fsp3) is 0.625. The summed E-state index contributed by atoms with van der Waals surface area (Å²) in [5.41, 5.74) is 3.11. The van der Waals surface area contributed by atoms with Gasteiger partial charge in [0.25, 0.3) is 5.91 Å². The van der Waals surface area contributed by atoms with Gasteiger partial charge in [-0.2, -0.15) is 0 Å². The number of allylic oxidation sites excluding steroid dienone is 1. The quantitative estimate of drug-likeness (QED) is 0.679. The van der Waals surface area contributed by atoms with Gasteiger partial charge in [0.05, 0.1) is 5.69 Å². The van der Waals surface area contributed by atoms with Gasteiger partial charge in [-0.15, -0.1) is 0 Å². The topological polar surface area (TPSA) is 23.6 Å². The van der Waals surface area contributed by atoms with Gasteiger partial charge in [0, 0.05) is 36.3 Å². The maximum atomic E-state index is 13.0. The van der Waals surface area contributed by atoms with Crippen LogP contribution in [0.5, 0.6) is 0 Å². The van der Waals surface area contributed by atoms with Gasteiger partial charge in [-0.05, 0) is 57.4 Å². The molecule has 0 unspecified atom stereocenters. The number of nitrogens with zero attached hydrogens (tertiary/aromatic N) is 2. The van der Waals surface area contributed by atoms with E-state index < -0.39 is 0 Å². The SMILES string of the molecule is C/C=C1\C(=O)N(C2CCN(C3CCC(CCC)CC3)CC2)c2ccccc21. The van der Waals surface area contributed by atoms with E-state index in [4.69, 9.17) is 0 Å². The Kier molecular flexibility index (Phi) is 5.68. The van der Waals surface area contributed by atoms with Crippen LogP contribution < -0.4 is 4.90 Å². The van der Waals surface area contributed by atoms with E-state index >= 15 is 0 Å². The molecular weight excluding hydrogens is 332 g/mol. The Bertz CT molecular complexity index is 694. The first-order chi connectivity index (χ1) is 13.2. The Morgan fingerprint density at radius 1 is 1.00 bits per heavy atom. The molecule has 0 radical (unpaired) electrons. The predicted molar refractivity (Wildman–Crippen MR) is 113 cm³/mol. The molecule has 2 aliphatic heterocycles. The zero-order valence-corrected chi connectivity index (χ0v) is 17.0. The molecule has 1 saturated carbocycles. The molecule has 2 fully saturated rings. The molecule has 0 aromatic heterocycles. The van der Waals surface area contributed by atoms with Crippen LogP contribution in [-0.4, -0.2) is 36.0 Å². The summed E-state index contributed by atoms with van der Waals surface area (Å²) in [4.78, 5) is 17.8. The number of amides is 1. The number of rotatable bonds is 4. The minimum Gasteiger partial charge on any atom is -0.305 e. The highest BCUT2D eigenvalue weighted by molar-refractivity contribution is 6.32. The second-order valence-electron chi connectivity index (χ2n) is 8.63. The lowest BCUT2D eigenvalue weighted by molar-refractivity contribution is -0.113. The van der Waals surface area contributed by atoms with Crippen LogP contribution in [0.1, 0.15) is 70.8 Å². The zero-order valence-electron chi connectivity index (χ0n) is 17.0. The van der Waals surface area contributed by atoms with Crippen molar-refractivity contribution < 1.29 is 4.79 Å². The number of benzene rings is 1. The summed E-state index contributed by atoms with van der Waals surface area (Å²) < 4.78 is 0. The Morgan fingerprint density at radius 2 is 1.70 bits per heavy atom. The monoisotopic (exact) mass is 366 g/mol. The van der Waals surface area contributed by atoms with Crippen LogP contribution in [0.4, 0.5) is 5.69 Å². The summed E-state index contributed by atoms with van der Waals surface area (Å²) in [6, 6.07) is 9.44. The molecule has 0 atom stereocenters. The molecule has 1 amide bonds. The van der Waals surface area contributed by atoms with Gasteiger partial charge < -0.3 is 9.80 Å². The van der Waals surface area contributed by atoms with Gasteiger partial charge in [-0.1, -0.05) is 44.0 Å². The number of carbonyl (C=O) groups is 1. The summed E-state index contributed by atoms with van der Waals surface area (Å²) in [5.74, 6) is 1.18. The molecule has 3 nitrogen and oxygen atoms in total. The Balaban J connectivity index is 1.38. The van der Waals surface area contributed by atoms with E-state index in [1.54, 1.807) is 0 Å². The van der Waals surface area contributed by atoms with Crippen molar-refractivity contribution in [1.29, 1.82) is 0 Å². The number of para-hydroxylation sites is 1. The number of likely N-dealkylation sites (tertiary alicyclic amines) is 1. The third kappa shape index (κ3) is 3.59. The summed E-state index contributed by atoms with van der Waals surface area (Å²) >= 11 is 0. The van der Waals surface area contributed by atoms with Crippen LogP contribution >= 0.6 is 0 Å². The second kappa shape index (κ2) is 8.18. The first-order valence-corrected chi connectivity index (χ1v) is 11.1. The standard InChI is InChI=1S/C24H34N2O/c1-3-7-18-10-12-19(13-11-18)25-16-14-20(15-17-25)26-23-9-6-5-8-22(23)21(4-2)24(26)27/h4-6,8-9,18-20H,3,7,10-17H2,1-2H3/b21-4-. The molecule has 1 aromatic carbocycles. The number of piperidine rings is 1. The van der Waals surface area contributed by atoms with E-state index in [1.165, 1.54) is 38.5 Å². The number of fused-ring (bicyclic) bond motifs is 1. The molecule has 3 heteroatoms. The van der Waals surface area contributed by atoms with Crippen LogP contribution in [0, 0.1) is 5.92 Å². The summed E-state index contributed by atoms with van der Waals surface area (Å²) in [6.45, 7) is 6.58. The van der Waals surface area contributed by atoms with Gasteiger partial charge in [0.2, 0.25) is 0 Å². The highest BCUT2D eigenvalue weighted by Gasteiger charge is 2.38. The molecular formula is C24H34N2O. The molecule has 146 valence electrons. The Morgan fingerprint density at radius 3 is 2.37 bits per heavy atom. The molecule has 2 heterocycles. The van der Waals surface area contributed by atoms with Gasteiger partial charge in [-0.25, -0.2) is 0 Å². The smallest absolute Gasteiger partial charge is 0.258 e. The number of hydrogen-bond donors (Lipinski definition) is 0. The van der Waals surface area contributed by atoms with Crippen molar-refractivity contribution in [2.45, 2.75) is 77.3 Å². The van der Waals surface area contributed by atoms with Crippen LogP contribution in [0.3, 0.4) is 0 Å². The van der Waals surface area contributed by atoms with Gasteiger partial charge in [-0.3, -0.25) is 4.79 Å². The molecule has 3 aliphatic rings. The Hall–Kier alpha value is -1.61. The van der Waals surface area contributed by atoms with Crippen molar-refractivity contribution in [3.05, 3.63) is 35.9 Å². The van der Waals surface area contributed by atoms with Crippen molar-refractivity contribution in [2.75, 3.05) is 18.0 Å². The zero-order chi connectivity index (χ0) is 18.8. The van der Waals surface area contributed by atoms with Crippen LogP contribution in [-0.2, 0) is 4.79 Å². The van der Waals surface area contributed by atoms with Crippen LogP contribution in [0.25, 0.3) is 5.57 Å². The molecule has 0 bridgehead atoms. The third-order valence-electron chi connectivity index (χ3n) is 7.09. The van der Waals surface area contributed by atoms with Gasteiger partial charge in [0.1, 0.15) is 0 Å². The van der Waals surface area contributed by atoms with E-state index in [9.17, 15) is 4.79 Å². The van der Waals surface area contributed by atoms with Crippen LogP contribution in [0.15, 0.2) is 30.3 Å². The van der Waals surface area contributed by atoms with Crippen molar-refractivity contribution >= 4 is 17.2 Å². The lowest BCUT2D eigenvalue weighted by Gasteiger charge is -2.42. The normalized spacial score (nSPS) is 28.7. The highest BCUT2D eigenvalue weighted by Crippen LogP contribution is 2.40. The fourth-order valence-corrected chi connectivity index (χ4v) is 5.62. The summed E-state index contributed by atoms with van der Waals surface area (Å²) in [5, 5.41) is 0. The largest absolute Gasteiger partial charge is 0.305 e. The van der Waals surface area contributed by atoms with Crippen molar-refractivity contribution in [3.63, 3.8) is 0 Å². The molecule has 1 saturated heterocycles. The summed E-state index contributed by atoms with van der Waals surface area (Å²) in [6.07, 6.45) is 12.5. The summed E-state index contributed by atoms with van der Waals surface area (Å²) in [7, 11) is 0. The Labute approximate surface area is 164 Å². The van der Waals surface area contributed by atoms with Crippen molar-refractivity contribution in [1.82, 2.24) is 4.90 Å². The molecule has 0 spiro atoms. The van der Waals surface area contributed by atoms with Crippen molar-refractivity contribution in [3.8, 4) is 0 Å². The molecule has 1 aliphatic carbocycles. The maximum absolute atomic E-state index is 13.0. The van der Waals surface area contributed by atoms with E-state index in [0.717, 1.165) is 54.7 Å². The number of anilines is 1.